The van der Waals surface area contributed by atoms with Crippen molar-refractivity contribution in [1.29, 1.82) is 0 Å². The number of hydrogen-bond acceptors (Lipinski definition) is 4. The van der Waals surface area contributed by atoms with Crippen molar-refractivity contribution >= 4 is 43.0 Å². The van der Waals surface area contributed by atoms with Crippen molar-refractivity contribution in [3.8, 4) is 0 Å². The Morgan fingerprint density at radius 2 is 2.10 bits per heavy atom. The maximum atomic E-state index is 13.2. The quantitative estimate of drug-likeness (QED) is 0.857. The third-order valence-corrected chi connectivity index (χ3v) is 5.97. The van der Waals surface area contributed by atoms with Crippen LogP contribution < -0.4 is 10.5 Å². The van der Waals surface area contributed by atoms with Crippen LogP contribution in [0.5, 0.6) is 0 Å². The highest BCUT2D eigenvalue weighted by Crippen LogP contribution is 2.30. The number of halogens is 2. The lowest BCUT2D eigenvalue weighted by atomic mass is 10.3. The molecule has 1 aromatic heterocycles. The van der Waals surface area contributed by atoms with Crippen LogP contribution in [0.25, 0.3) is 0 Å². The van der Waals surface area contributed by atoms with E-state index < -0.39 is 15.8 Å². The summed E-state index contributed by atoms with van der Waals surface area (Å²) >= 11 is 4.51. The maximum Gasteiger partial charge on any atom is 0.263 e. The highest BCUT2D eigenvalue weighted by molar-refractivity contribution is 9.10. The van der Waals surface area contributed by atoms with Gasteiger partial charge in [0, 0.05) is 20.8 Å². The van der Waals surface area contributed by atoms with Crippen molar-refractivity contribution in [2.75, 3.05) is 4.72 Å². The summed E-state index contributed by atoms with van der Waals surface area (Å²) in [5.74, 6) is -0.518. The zero-order chi connectivity index (χ0) is 14.9. The van der Waals surface area contributed by atoms with Crippen molar-refractivity contribution in [3.63, 3.8) is 0 Å². The van der Waals surface area contributed by atoms with Crippen LogP contribution in [0.1, 0.15) is 9.75 Å². The molecule has 0 fully saturated rings. The van der Waals surface area contributed by atoms with Crippen molar-refractivity contribution in [2.24, 2.45) is 5.73 Å². The maximum absolute atomic E-state index is 13.2. The molecule has 2 aromatic rings. The summed E-state index contributed by atoms with van der Waals surface area (Å²) in [4.78, 5) is 1.59. The molecule has 3 N–H and O–H groups in total. The molecule has 0 bridgehead atoms. The molecule has 0 saturated carbocycles. The number of anilines is 1. The van der Waals surface area contributed by atoms with Crippen LogP contribution in [0, 0.1) is 12.7 Å². The number of benzene rings is 1. The summed E-state index contributed by atoms with van der Waals surface area (Å²) in [6.07, 6.45) is 0. The van der Waals surface area contributed by atoms with Gasteiger partial charge in [0.1, 0.15) is 10.7 Å². The molecule has 0 amide bonds. The molecule has 4 nitrogen and oxygen atoms in total. The zero-order valence-corrected chi connectivity index (χ0v) is 13.7. The molecule has 0 aliphatic carbocycles. The summed E-state index contributed by atoms with van der Waals surface area (Å²) in [6, 6.07) is 5.34. The fourth-order valence-corrected chi connectivity index (χ4v) is 4.73. The Morgan fingerprint density at radius 3 is 2.70 bits per heavy atom. The van der Waals surface area contributed by atoms with Gasteiger partial charge in [-0.3, -0.25) is 4.72 Å². The van der Waals surface area contributed by atoms with Gasteiger partial charge in [-0.2, -0.15) is 0 Å². The van der Waals surface area contributed by atoms with Crippen LogP contribution in [0.15, 0.2) is 33.6 Å². The van der Waals surface area contributed by atoms with Gasteiger partial charge < -0.3 is 5.73 Å². The lowest BCUT2D eigenvalue weighted by Crippen LogP contribution is -2.13. The smallest absolute Gasteiger partial charge is 0.263 e. The van der Waals surface area contributed by atoms with E-state index in [1.165, 1.54) is 29.5 Å². The molecule has 0 radical (unpaired) electrons. The lowest BCUT2D eigenvalue weighted by molar-refractivity contribution is 0.601. The number of nitrogens with two attached hydrogens (primary N) is 1. The van der Waals surface area contributed by atoms with E-state index in [2.05, 4.69) is 20.7 Å². The van der Waals surface area contributed by atoms with Crippen LogP contribution in [-0.2, 0) is 16.6 Å². The third kappa shape index (κ3) is 3.20. The van der Waals surface area contributed by atoms with Crippen LogP contribution in [0.2, 0.25) is 0 Å². The molecule has 108 valence electrons. The molecule has 8 heteroatoms. The molecule has 1 aromatic carbocycles. The van der Waals surface area contributed by atoms with E-state index in [0.717, 1.165) is 10.9 Å². The van der Waals surface area contributed by atoms with Crippen LogP contribution in [-0.4, -0.2) is 8.42 Å². The second-order valence-corrected chi connectivity index (χ2v) is 7.91. The Labute approximate surface area is 129 Å². The minimum Gasteiger partial charge on any atom is -0.326 e. The Hall–Kier alpha value is -0.960. The van der Waals surface area contributed by atoms with Gasteiger partial charge in [0.15, 0.2) is 0 Å². The molecule has 0 saturated heterocycles. The van der Waals surface area contributed by atoms with Gasteiger partial charge in [0.2, 0.25) is 0 Å². The van der Waals surface area contributed by atoms with E-state index in [9.17, 15) is 12.8 Å². The van der Waals surface area contributed by atoms with E-state index in [-0.39, 0.29) is 17.1 Å². The first-order valence-electron chi connectivity index (χ1n) is 5.60. The fraction of sp³-hybridized carbons (Fsp3) is 0.167. The first kappa shape index (κ1) is 15.4. The number of thiophene rings is 1. The predicted molar refractivity (Wildman–Crippen MR) is 81.9 cm³/mol. The van der Waals surface area contributed by atoms with Crippen molar-refractivity contribution in [1.82, 2.24) is 0 Å². The monoisotopic (exact) mass is 378 g/mol. The van der Waals surface area contributed by atoms with Gasteiger partial charge in [0.25, 0.3) is 10.0 Å². The molecular formula is C12H12BrFN2O2S2. The Bertz CT molecular complexity index is 744. The van der Waals surface area contributed by atoms with Crippen LogP contribution in [0.4, 0.5) is 10.1 Å². The first-order chi connectivity index (χ1) is 9.33. The molecule has 0 spiro atoms. The topological polar surface area (TPSA) is 72.2 Å². The van der Waals surface area contributed by atoms with E-state index in [0.29, 0.717) is 9.35 Å². The van der Waals surface area contributed by atoms with E-state index in [1.54, 1.807) is 6.92 Å². The number of hydrogen-bond donors (Lipinski definition) is 2. The average Bonchev–Trinajstić information content (AvgIpc) is 2.76. The van der Waals surface area contributed by atoms with Crippen molar-refractivity contribution in [2.45, 2.75) is 18.4 Å². The summed E-state index contributed by atoms with van der Waals surface area (Å²) in [5, 5.41) is 0. The van der Waals surface area contributed by atoms with Gasteiger partial charge in [-0.25, -0.2) is 12.8 Å². The largest absolute Gasteiger partial charge is 0.326 e. The van der Waals surface area contributed by atoms with Gasteiger partial charge in [-0.05, 0) is 47.1 Å². The van der Waals surface area contributed by atoms with Gasteiger partial charge in [0.05, 0.1) is 5.69 Å². The Morgan fingerprint density at radius 1 is 1.40 bits per heavy atom. The summed E-state index contributed by atoms with van der Waals surface area (Å²) in [5.41, 5.74) is 5.67. The summed E-state index contributed by atoms with van der Waals surface area (Å²) in [7, 11) is -3.76. The molecule has 2 rings (SSSR count). The number of nitrogens with one attached hydrogen (secondary N) is 1. The second kappa shape index (κ2) is 5.80. The molecule has 0 atom stereocenters. The number of sulfonamides is 1. The normalized spacial score (nSPS) is 11.6. The highest BCUT2D eigenvalue weighted by atomic mass is 79.9. The minimum absolute atomic E-state index is 0.157. The SMILES string of the molecule is Cc1sc(CN)cc1S(=O)(=O)Nc1cc(F)ccc1Br. The Kier molecular flexibility index (Phi) is 4.48. The zero-order valence-electron chi connectivity index (χ0n) is 10.5. The molecular weight excluding hydrogens is 367 g/mol. The molecule has 20 heavy (non-hydrogen) atoms. The Balaban J connectivity index is 2.40. The average molecular weight is 379 g/mol. The van der Waals surface area contributed by atoms with E-state index in [4.69, 9.17) is 5.73 Å². The first-order valence-corrected chi connectivity index (χ1v) is 8.70. The molecule has 1 heterocycles. The van der Waals surface area contributed by atoms with Crippen molar-refractivity contribution < 1.29 is 12.8 Å². The van der Waals surface area contributed by atoms with Crippen LogP contribution in [0.3, 0.4) is 0 Å². The number of rotatable bonds is 4. The van der Waals surface area contributed by atoms with Gasteiger partial charge >= 0.3 is 0 Å². The number of aryl methyl sites for hydroxylation is 1. The lowest BCUT2D eigenvalue weighted by Gasteiger charge is -2.09. The minimum atomic E-state index is -3.76. The third-order valence-electron chi connectivity index (χ3n) is 2.59. The van der Waals surface area contributed by atoms with E-state index in [1.807, 2.05) is 0 Å². The summed E-state index contributed by atoms with van der Waals surface area (Å²) in [6.45, 7) is 1.99. The molecule has 0 aliphatic rings. The van der Waals surface area contributed by atoms with Crippen LogP contribution >= 0.6 is 27.3 Å². The van der Waals surface area contributed by atoms with Crippen molar-refractivity contribution in [3.05, 3.63) is 44.3 Å². The second-order valence-electron chi connectivity index (χ2n) is 4.07. The standard InChI is InChI=1S/C12H12BrFN2O2S2/c1-7-12(5-9(6-15)19-7)20(17,18)16-11-4-8(14)2-3-10(11)13/h2-5,16H,6,15H2,1H3. The fourth-order valence-electron chi connectivity index (χ4n) is 1.67. The molecule has 0 unspecified atom stereocenters. The summed E-state index contributed by atoms with van der Waals surface area (Å²) < 4.78 is 40.7. The van der Waals surface area contributed by atoms with Gasteiger partial charge in [-0.1, -0.05) is 0 Å². The predicted octanol–water partition coefficient (Wildman–Crippen LogP) is 3.22. The van der Waals surface area contributed by atoms with Gasteiger partial charge in [-0.15, -0.1) is 11.3 Å². The highest BCUT2D eigenvalue weighted by Gasteiger charge is 2.21. The van der Waals surface area contributed by atoms with E-state index >= 15 is 0 Å². The molecule has 0 aliphatic heterocycles.